The van der Waals surface area contributed by atoms with Crippen LogP contribution in [0.4, 0.5) is 0 Å². The third-order valence-corrected chi connectivity index (χ3v) is 3.33. The van der Waals surface area contributed by atoms with E-state index in [1.54, 1.807) is 6.20 Å². The summed E-state index contributed by atoms with van der Waals surface area (Å²) >= 11 is 0. The van der Waals surface area contributed by atoms with Crippen LogP contribution in [0.3, 0.4) is 0 Å². The van der Waals surface area contributed by atoms with Gasteiger partial charge < -0.3 is 15.3 Å². The highest BCUT2D eigenvalue weighted by atomic mass is 16.3. The minimum absolute atomic E-state index is 0.218. The van der Waals surface area contributed by atoms with Crippen LogP contribution < -0.4 is 5.46 Å². The van der Waals surface area contributed by atoms with Crippen LogP contribution in [-0.2, 0) is 12.8 Å². The number of aryl methyl sites for hydroxylation is 1. The Morgan fingerprint density at radius 1 is 1.06 bits per heavy atom. The van der Waals surface area contributed by atoms with Crippen LogP contribution >= 0.6 is 0 Å². The van der Waals surface area contributed by atoms with Gasteiger partial charge in [0.2, 0.25) is 0 Å². The highest BCUT2D eigenvalue weighted by Gasteiger charge is 2.27. The Labute approximate surface area is 105 Å². The first-order valence-corrected chi connectivity index (χ1v) is 5.60. The zero-order chi connectivity index (χ0) is 12.9. The molecule has 1 aliphatic carbocycles. The van der Waals surface area contributed by atoms with Crippen molar-refractivity contribution in [3.8, 4) is 28.5 Å². The van der Waals surface area contributed by atoms with Crippen LogP contribution in [-0.4, -0.2) is 28.1 Å². The quantitative estimate of drug-likeness (QED) is 0.360. The number of phenolic OH excluding ortho intramolecular Hbond substituents is 3. The molecule has 0 atom stereocenters. The normalized spacial score (nSPS) is 12.9. The van der Waals surface area contributed by atoms with Crippen molar-refractivity contribution in [1.82, 2.24) is 4.98 Å². The summed E-state index contributed by atoms with van der Waals surface area (Å²) in [7, 11) is 5.58. The molecule has 2 aromatic rings. The molecule has 5 heteroatoms. The average Bonchev–Trinajstić information content (AvgIpc) is 2.41. The van der Waals surface area contributed by atoms with Crippen molar-refractivity contribution in [2.24, 2.45) is 0 Å². The Balaban J connectivity index is 2.41. The molecule has 88 valence electrons. The second kappa shape index (κ2) is 3.66. The van der Waals surface area contributed by atoms with Crippen LogP contribution in [0.15, 0.2) is 18.3 Å². The second-order valence-electron chi connectivity index (χ2n) is 4.32. The van der Waals surface area contributed by atoms with Gasteiger partial charge >= 0.3 is 0 Å². The van der Waals surface area contributed by atoms with E-state index in [0.29, 0.717) is 29.7 Å². The van der Waals surface area contributed by atoms with Crippen LogP contribution in [0.5, 0.6) is 17.2 Å². The Morgan fingerprint density at radius 3 is 2.61 bits per heavy atom. The SMILES string of the molecule is [B]c1c(O)c(O)c2c(c1O)-c1ncccc1CC2. The number of phenols is 3. The molecule has 4 nitrogen and oxygen atoms in total. The molecule has 1 heterocycles. The van der Waals surface area contributed by atoms with E-state index in [9.17, 15) is 15.3 Å². The number of rotatable bonds is 0. The van der Waals surface area contributed by atoms with E-state index < -0.39 is 5.75 Å². The predicted molar refractivity (Wildman–Crippen MR) is 67.5 cm³/mol. The van der Waals surface area contributed by atoms with Crippen LogP contribution in [0.2, 0.25) is 0 Å². The lowest BCUT2D eigenvalue weighted by atomic mass is 9.81. The Kier molecular flexibility index (Phi) is 2.23. The lowest BCUT2D eigenvalue weighted by Crippen LogP contribution is -2.13. The van der Waals surface area contributed by atoms with Gasteiger partial charge in [-0.2, -0.15) is 0 Å². The summed E-state index contributed by atoms with van der Waals surface area (Å²) < 4.78 is 0. The molecule has 1 aromatic carbocycles. The van der Waals surface area contributed by atoms with E-state index in [-0.39, 0.29) is 17.0 Å². The summed E-state index contributed by atoms with van der Waals surface area (Å²) in [5.74, 6) is -0.956. The predicted octanol–water partition coefficient (Wildman–Crippen LogP) is 0.758. The fourth-order valence-corrected chi connectivity index (χ4v) is 2.40. The summed E-state index contributed by atoms with van der Waals surface area (Å²) in [5, 5.41) is 29.6. The molecule has 0 bridgehead atoms. The molecule has 1 aliphatic rings. The van der Waals surface area contributed by atoms with Gasteiger partial charge in [-0.3, -0.25) is 4.98 Å². The molecule has 1 aromatic heterocycles. The van der Waals surface area contributed by atoms with Crippen LogP contribution in [0, 0.1) is 0 Å². The van der Waals surface area contributed by atoms with Crippen molar-refractivity contribution >= 4 is 13.3 Å². The number of hydrogen-bond donors (Lipinski definition) is 3. The van der Waals surface area contributed by atoms with E-state index in [1.165, 1.54) is 0 Å². The third kappa shape index (κ3) is 1.30. The molecule has 0 fully saturated rings. The number of benzene rings is 1. The minimum atomic E-state index is -0.467. The van der Waals surface area contributed by atoms with Gasteiger partial charge in [0.1, 0.15) is 13.6 Å². The van der Waals surface area contributed by atoms with Gasteiger partial charge in [0.15, 0.2) is 11.5 Å². The highest BCUT2D eigenvalue weighted by Crippen LogP contribution is 2.44. The molecule has 0 aliphatic heterocycles. The number of nitrogens with zero attached hydrogens (tertiary/aromatic N) is 1. The minimum Gasteiger partial charge on any atom is -0.508 e. The monoisotopic (exact) mass is 239 g/mol. The second-order valence-corrected chi connectivity index (χ2v) is 4.32. The van der Waals surface area contributed by atoms with Crippen molar-refractivity contribution in [3.63, 3.8) is 0 Å². The third-order valence-electron chi connectivity index (χ3n) is 3.33. The first kappa shape index (κ1) is 11.0. The number of aromatic hydroxyl groups is 3. The first-order valence-electron chi connectivity index (χ1n) is 5.60. The number of aromatic nitrogens is 1. The van der Waals surface area contributed by atoms with Gasteiger partial charge in [0.25, 0.3) is 0 Å². The molecule has 3 N–H and O–H groups in total. The van der Waals surface area contributed by atoms with Gasteiger partial charge in [-0.15, -0.1) is 0 Å². The molecule has 0 saturated carbocycles. The lowest BCUT2D eigenvalue weighted by Gasteiger charge is -2.22. The summed E-state index contributed by atoms with van der Waals surface area (Å²) in [6, 6.07) is 3.75. The average molecular weight is 239 g/mol. The Bertz CT molecular complexity index is 655. The van der Waals surface area contributed by atoms with Crippen molar-refractivity contribution in [2.45, 2.75) is 12.8 Å². The molecule has 18 heavy (non-hydrogen) atoms. The standard InChI is InChI=1S/C13H10BNO3/c14-9-12(17)8-7(11(16)13(9)18)4-3-6-2-1-5-15-10(6)8/h1-2,5,16-18H,3-4H2. The van der Waals surface area contributed by atoms with E-state index in [1.807, 2.05) is 12.1 Å². The number of pyridine rings is 1. The van der Waals surface area contributed by atoms with Gasteiger partial charge in [-0.25, -0.2) is 0 Å². The first-order chi connectivity index (χ1) is 8.61. The summed E-state index contributed by atoms with van der Waals surface area (Å²) in [4.78, 5) is 4.23. The van der Waals surface area contributed by atoms with Gasteiger partial charge in [0.05, 0.1) is 5.69 Å². The number of fused-ring (bicyclic) bond motifs is 3. The fraction of sp³-hybridized carbons (Fsp3) is 0.154. The zero-order valence-electron chi connectivity index (χ0n) is 9.51. The van der Waals surface area contributed by atoms with Crippen molar-refractivity contribution in [2.75, 3.05) is 0 Å². The van der Waals surface area contributed by atoms with E-state index in [2.05, 4.69) is 4.98 Å². The largest absolute Gasteiger partial charge is 0.508 e. The molecule has 0 amide bonds. The maximum atomic E-state index is 10.1. The molecule has 3 rings (SSSR count). The summed E-state index contributed by atoms with van der Waals surface area (Å²) in [5.41, 5.74) is 2.29. The summed E-state index contributed by atoms with van der Waals surface area (Å²) in [6.07, 6.45) is 2.85. The van der Waals surface area contributed by atoms with E-state index in [0.717, 1.165) is 5.56 Å². The Morgan fingerprint density at radius 2 is 1.83 bits per heavy atom. The maximum Gasteiger partial charge on any atom is 0.161 e. The molecule has 0 unspecified atom stereocenters. The Hall–Kier alpha value is -2.17. The molecule has 0 spiro atoms. The fourth-order valence-electron chi connectivity index (χ4n) is 2.40. The van der Waals surface area contributed by atoms with Crippen LogP contribution in [0.1, 0.15) is 11.1 Å². The van der Waals surface area contributed by atoms with Crippen molar-refractivity contribution in [3.05, 3.63) is 29.5 Å². The highest BCUT2D eigenvalue weighted by molar-refractivity contribution is 6.37. The van der Waals surface area contributed by atoms with Crippen molar-refractivity contribution < 1.29 is 15.3 Å². The van der Waals surface area contributed by atoms with Crippen molar-refractivity contribution in [1.29, 1.82) is 0 Å². The lowest BCUT2D eigenvalue weighted by molar-refractivity contribution is 0.396. The molecule has 0 saturated heterocycles. The van der Waals surface area contributed by atoms with Crippen LogP contribution in [0.25, 0.3) is 11.3 Å². The molecule has 2 radical (unpaired) electrons. The summed E-state index contributed by atoms with van der Waals surface area (Å²) in [6.45, 7) is 0. The molecular weight excluding hydrogens is 229 g/mol. The number of hydrogen-bond acceptors (Lipinski definition) is 4. The van der Waals surface area contributed by atoms with E-state index in [4.69, 9.17) is 7.85 Å². The van der Waals surface area contributed by atoms with Gasteiger partial charge in [0, 0.05) is 17.3 Å². The molecular formula is C13H10BNO3. The smallest absolute Gasteiger partial charge is 0.161 e. The topological polar surface area (TPSA) is 73.6 Å². The van der Waals surface area contributed by atoms with Gasteiger partial charge in [-0.05, 0) is 29.9 Å². The zero-order valence-corrected chi connectivity index (χ0v) is 9.51. The van der Waals surface area contributed by atoms with E-state index >= 15 is 0 Å². The maximum absolute atomic E-state index is 10.1. The van der Waals surface area contributed by atoms with Gasteiger partial charge in [-0.1, -0.05) is 6.07 Å².